The van der Waals surface area contributed by atoms with E-state index >= 15 is 0 Å². The van der Waals surface area contributed by atoms with Crippen molar-refractivity contribution in [3.63, 3.8) is 0 Å². The molecular formula is C9H14O4. The van der Waals surface area contributed by atoms with Crippen molar-refractivity contribution in [3.05, 3.63) is 12.7 Å². The molecule has 1 aliphatic rings. The van der Waals surface area contributed by atoms with Crippen LogP contribution in [0.25, 0.3) is 0 Å². The number of ether oxygens (including phenoxy) is 2. The Morgan fingerprint density at radius 3 is 2.69 bits per heavy atom. The summed E-state index contributed by atoms with van der Waals surface area (Å²) in [7, 11) is 0. The highest BCUT2D eigenvalue weighted by Gasteiger charge is 2.43. The highest BCUT2D eigenvalue weighted by Crippen LogP contribution is 2.28. The Bertz CT molecular complexity index is 222. The van der Waals surface area contributed by atoms with Gasteiger partial charge in [0.1, 0.15) is 12.7 Å². The first-order chi connectivity index (χ1) is 6.00. The fourth-order valence-electron chi connectivity index (χ4n) is 1.30. The molecule has 1 fully saturated rings. The molecule has 0 spiro atoms. The predicted molar refractivity (Wildman–Crippen MR) is 46.1 cm³/mol. The summed E-state index contributed by atoms with van der Waals surface area (Å²) in [6.45, 7) is 6.44. The van der Waals surface area contributed by atoms with Crippen molar-refractivity contribution in [2.45, 2.75) is 31.8 Å². The van der Waals surface area contributed by atoms with E-state index in [2.05, 4.69) is 6.58 Å². The van der Waals surface area contributed by atoms with Gasteiger partial charge in [-0.3, -0.25) is 4.79 Å². The summed E-state index contributed by atoms with van der Waals surface area (Å²) in [4.78, 5) is 11.2. The summed E-state index contributed by atoms with van der Waals surface area (Å²) in [5.41, 5.74) is 0. The Morgan fingerprint density at radius 1 is 1.62 bits per heavy atom. The van der Waals surface area contributed by atoms with Gasteiger partial charge in [0.15, 0.2) is 17.7 Å². The lowest BCUT2D eigenvalue weighted by Crippen LogP contribution is -2.32. The molecule has 1 aliphatic heterocycles. The minimum absolute atomic E-state index is 0.379. The molecule has 0 unspecified atom stereocenters. The zero-order valence-corrected chi connectivity index (χ0v) is 7.82. The Hall–Kier alpha value is -0.710. The predicted octanol–water partition coefficient (Wildman–Crippen LogP) is 0.254. The molecule has 74 valence electrons. The molecule has 13 heavy (non-hydrogen) atoms. The summed E-state index contributed by atoms with van der Waals surface area (Å²) in [6, 6.07) is 0. The second-order valence-corrected chi connectivity index (χ2v) is 3.38. The van der Waals surface area contributed by atoms with Crippen molar-refractivity contribution in [2.24, 2.45) is 0 Å². The second-order valence-electron chi connectivity index (χ2n) is 3.38. The molecule has 0 aromatic heterocycles. The lowest BCUT2D eigenvalue weighted by atomic mass is 10.1. The second kappa shape index (κ2) is 3.57. The van der Waals surface area contributed by atoms with E-state index in [-0.39, 0.29) is 5.78 Å². The van der Waals surface area contributed by atoms with E-state index in [1.165, 1.54) is 6.08 Å². The minimum atomic E-state index is -0.783. The molecule has 0 amide bonds. The standard InChI is InChI=1S/C9H14O4/c1-4-7-8(6(11)5-10)13-9(2,3)12-7/h4,7-8,10H,1,5H2,2-3H3/t7-,8+/m1/s1. The molecule has 0 aromatic rings. The van der Waals surface area contributed by atoms with Gasteiger partial charge in [-0.1, -0.05) is 6.08 Å². The first kappa shape index (κ1) is 10.4. The number of Topliss-reactive ketones (excluding diaryl/α,β-unsaturated/α-hetero) is 1. The van der Waals surface area contributed by atoms with Crippen LogP contribution in [0.15, 0.2) is 12.7 Å². The summed E-state index contributed by atoms with van der Waals surface area (Å²) < 4.78 is 10.7. The van der Waals surface area contributed by atoms with Crippen LogP contribution in [0.1, 0.15) is 13.8 Å². The molecule has 0 radical (unpaired) electrons. The minimum Gasteiger partial charge on any atom is -0.388 e. The highest BCUT2D eigenvalue weighted by molar-refractivity contribution is 5.85. The average Bonchev–Trinajstić information content (AvgIpc) is 2.39. The van der Waals surface area contributed by atoms with Gasteiger partial charge < -0.3 is 14.6 Å². The van der Waals surface area contributed by atoms with Gasteiger partial charge in [0.25, 0.3) is 0 Å². The Kier molecular flexibility index (Phi) is 2.85. The zero-order chi connectivity index (χ0) is 10.1. The van der Waals surface area contributed by atoms with E-state index in [1.807, 2.05) is 0 Å². The molecule has 0 bridgehead atoms. The maximum atomic E-state index is 11.2. The van der Waals surface area contributed by atoms with Crippen LogP contribution in [0.4, 0.5) is 0 Å². The molecule has 1 rings (SSSR count). The molecule has 0 saturated carbocycles. The van der Waals surface area contributed by atoms with Crippen LogP contribution >= 0.6 is 0 Å². The molecule has 4 nitrogen and oxygen atoms in total. The fraction of sp³-hybridized carbons (Fsp3) is 0.667. The normalized spacial score (nSPS) is 31.6. The third-order valence-electron chi connectivity index (χ3n) is 1.83. The van der Waals surface area contributed by atoms with Crippen LogP contribution < -0.4 is 0 Å². The van der Waals surface area contributed by atoms with Crippen LogP contribution in [0.5, 0.6) is 0 Å². The third kappa shape index (κ3) is 2.15. The Labute approximate surface area is 77.1 Å². The Morgan fingerprint density at radius 2 is 2.23 bits per heavy atom. The van der Waals surface area contributed by atoms with Crippen LogP contribution in [-0.4, -0.2) is 35.5 Å². The van der Waals surface area contributed by atoms with Crippen molar-refractivity contribution in [1.29, 1.82) is 0 Å². The Balaban J connectivity index is 2.74. The number of hydrogen-bond donors (Lipinski definition) is 1. The topological polar surface area (TPSA) is 55.8 Å². The van der Waals surface area contributed by atoms with Gasteiger partial charge in [-0.25, -0.2) is 0 Å². The van der Waals surface area contributed by atoms with E-state index in [0.29, 0.717) is 0 Å². The number of carbonyl (C=O) groups is 1. The molecule has 0 aliphatic carbocycles. The van der Waals surface area contributed by atoms with Gasteiger partial charge in [0, 0.05) is 0 Å². The van der Waals surface area contributed by atoms with Gasteiger partial charge in [-0.15, -0.1) is 6.58 Å². The van der Waals surface area contributed by atoms with Gasteiger partial charge in [0.2, 0.25) is 0 Å². The van der Waals surface area contributed by atoms with Crippen molar-refractivity contribution in [1.82, 2.24) is 0 Å². The summed E-state index contributed by atoms with van der Waals surface area (Å²) in [6.07, 6.45) is 0.319. The summed E-state index contributed by atoms with van der Waals surface area (Å²) >= 11 is 0. The van der Waals surface area contributed by atoms with Gasteiger partial charge >= 0.3 is 0 Å². The molecule has 1 heterocycles. The maximum absolute atomic E-state index is 11.2. The van der Waals surface area contributed by atoms with E-state index in [4.69, 9.17) is 14.6 Å². The van der Waals surface area contributed by atoms with E-state index in [0.717, 1.165) is 0 Å². The molecular weight excluding hydrogens is 172 g/mol. The third-order valence-corrected chi connectivity index (χ3v) is 1.83. The molecule has 0 aromatic carbocycles. The van der Waals surface area contributed by atoms with Crippen LogP contribution in [-0.2, 0) is 14.3 Å². The first-order valence-corrected chi connectivity index (χ1v) is 4.12. The molecule has 1 saturated heterocycles. The van der Waals surface area contributed by atoms with Crippen molar-refractivity contribution >= 4 is 5.78 Å². The number of ketones is 1. The average molecular weight is 186 g/mol. The molecule has 4 heteroatoms. The van der Waals surface area contributed by atoms with E-state index < -0.39 is 24.6 Å². The SMILES string of the molecule is C=C[C@H]1OC(C)(C)O[C@H]1C(=O)CO. The van der Waals surface area contributed by atoms with Gasteiger partial charge in [-0.05, 0) is 13.8 Å². The summed E-state index contributed by atoms with van der Waals surface area (Å²) in [5, 5.41) is 8.66. The number of carbonyl (C=O) groups excluding carboxylic acids is 1. The van der Waals surface area contributed by atoms with Crippen LogP contribution in [0.2, 0.25) is 0 Å². The molecule has 2 atom stereocenters. The maximum Gasteiger partial charge on any atom is 0.189 e. The van der Waals surface area contributed by atoms with Crippen LogP contribution in [0.3, 0.4) is 0 Å². The monoisotopic (exact) mass is 186 g/mol. The largest absolute Gasteiger partial charge is 0.388 e. The van der Waals surface area contributed by atoms with E-state index in [1.54, 1.807) is 13.8 Å². The fourth-order valence-corrected chi connectivity index (χ4v) is 1.30. The van der Waals surface area contributed by atoms with Gasteiger partial charge in [-0.2, -0.15) is 0 Å². The number of aliphatic hydroxyl groups excluding tert-OH is 1. The van der Waals surface area contributed by atoms with Crippen molar-refractivity contribution in [2.75, 3.05) is 6.61 Å². The van der Waals surface area contributed by atoms with Crippen molar-refractivity contribution < 1.29 is 19.4 Å². The first-order valence-electron chi connectivity index (χ1n) is 4.12. The highest BCUT2D eigenvalue weighted by atomic mass is 16.8. The molecule has 1 N–H and O–H groups in total. The summed E-state index contributed by atoms with van der Waals surface area (Å²) in [5.74, 6) is -1.16. The smallest absolute Gasteiger partial charge is 0.189 e. The van der Waals surface area contributed by atoms with Crippen LogP contribution in [0, 0.1) is 0 Å². The van der Waals surface area contributed by atoms with E-state index in [9.17, 15) is 4.79 Å². The lowest BCUT2D eigenvalue weighted by Gasteiger charge is -2.15. The number of aliphatic hydroxyl groups is 1. The van der Waals surface area contributed by atoms with Crippen molar-refractivity contribution in [3.8, 4) is 0 Å². The quantitative estimate of drug-likeness (QED) is 0.642. The lowest BCUT2D eigenvalue weighted by molar-refractivity contribution is -0.154. The number of hydrogen-bond acceptors (Lipinski definition) is 4. The number of rotatable bonds is 3. The zero-order valence-electron chi connectivity index (χ0n) is 7.82. The van der Waals surface area contributed by atoms with Gasteiger partial charge in [0.05, 0.1) is 0 Å².